The summed E-state index contributed by atoms with van der Waals surface area (Å²) >= 11 is 0. The van der Waals surface area contributed by atoms with Crippen molar-refractivity contribution in [3.63, 3.8) is 0 Å². The summed E-state index contributed by atoms with van der Waals surface area (Å²) < 4.78 is 21.6. The van der Waals surface area contributed by atoms with E-state index in [9.17, 15) is 24.0 Å². The number of hydrogen-bond donors (Lipinski definition) is 0. The molecule has 2 bridgehead atoms. The van der Waals surface area contributed by atoms with Crippen LogP contribution in [0.4, 0.5) is 0 Å². The van der Waals surface area contributed by atoms with Gasteiger partial charge < -0.3 is 18.6 Å². The third-order valence-corrected chi connectivity index (χ3v) is 9.84. The summed E-state index contributed by atoms with van der Waals surface area (Å²) in [6.07, 6.45) is 2.63. The van der Waals surface area contributed by atoms with Crippen LogP contribution in [0.1, 0.15) is 72.0 Å². The maximum Gasteiger partial charge on any atom is 0.347 e. The average molecular weight is 527 g/mol. The molecule has 3 aliphatic carbocycles. The Kier molecular flexibility index (Phi) is 6.00. The zero-order valence-electron chi connectivity index (χ0n) is 22.6. The van der Waals surface area contributed by atoms with Crippen molar-refractivity contribution in [1.82, 2.24) is 0 Å². The molecule has 9 nitrogen and oxygen atoms in total. The molecule has 2 heterocycles. The molecule has 2 saturated carbocycles. The minimum absolute atomic E-state index is 0.0697. The molecule has 9 heteroatoms. The first kappa shape index (κ1) is 26.4. The van der Waals surface area contributed by atoms with E-state index in [0.29, 0.717) is 12.8 Å². The van der Waals surface area contributed by atoms with Crippen LogP contribution in [-0.4, -0.2) is 42.7 Å². The van der Waals surface area contributed by atoms with Crippen LogP contribution in [-0.2, 0) is 38.2 Å². The van der Waals surface area contributed by atoms with E-state index in [1.807, 2.05) is 0 Å². The van der Waals surface area contributed by atoms with Crippen molar-refractivity contribution in [3.05, 3.63) is 35.3 Å². The topological polar surface area (TPSA) is 126 Å². The Labute approximate surface area is 221 Å². The van der Waals surface area contributed by atoms with Crippen LogP contribution in [0.5, 0.6) is 0 Å². The van der Waals surface area contributed by atoms with E-state index in [1.165, 1.54) is 20.3 Å². The summed E-state index contributed by atoms with van der Waals surface area (Å²) in [6.45, 7) is 8.47. The van der Waals surface area contributed by atoms with E-state index in [2.05, 4.69) is 6.92 Å². The lowest BCUT2D eigenvalue weighted by atomic mass is 9.40. The van der Waals surface area contributed by atoms with Gasteiger partial charge in [0.15, 0.2) is 5.78 Å². The number of Topliss-reactive ketones (excluding diaryl/α,β-unsaturated/α-hetero) is 2. The zero-order valence-corrected chi connectivity index (χ0v) is 22.6. The lowest BCUT2D eigenvalue weighted by molar-refractivity contribution is -0.194. The van der Waals surface area contributed by atoms with Crippen LogP contribution >= 0.6 is 0 Å². The second-order valence-corrected chi connectivity index (χ2v) is 12.1. The van der Waals surface area contributed by atoms with Gasteiger partial charge in [-0.1, -0.05) is 33.3 Å². The third kappa shape index (κ3) is 3.46. The number of carbonyl (C=O) groups is 5. The number of esters is 3. The van der Waals surface area contributed by atoms with Gasteiger partial charge in [-0.2, -0.15) is 0 Å². The van der Waals surface area contributed by atoms with E-state index in [1.54, 1.807) is 33.1 Å². The number of carbonyl (C=O) groups excluding carboxylic acids is 5. The number of methoxy groups -OCH3 is 1. The summed E-state index contributed by atoms with van der Waals surface area (Å²) in [4.78, 5) is 66.0. The van der Waals surface area contributed by atoms with Gasteiger partial charge in [-0.05, 0) is 36.8 Å². The number of rotatable bonds is 4. The lowest BCUT2D eigenvalue weighted by Gasteiger charge is -2.61. The molecule has 4 aliphatic rings. The minimum atomic E-state index is -1.43. The number of fused-ring (bicyclic) bond motifs is 5. The number of hydrogen-bond acceptors (Lipinski definition) is 9. The third-order valence-electron chi connectivity index (χ3n) is 9.84. The molecule has 3 fully saturated rings. The minimum Gasteiger partial charge on any atom is -0.472 e. The van der Waals surface area contributed by atoms with Gasteiger partial charge in [-0.15, -0.1) is 0 Å². The van der Waals surface area contributed by atoms with E-state index < -0.39 is 52.2 Å². The van der Waals surface area contributed by atoms with Crippen molar-refractivity contribution in [3.8, 4) is 0 Å². The van der Waals surface area contributed by atoms with Gasteiger partial charge in [0, 0.05) is 34.7 Å². The molecule has 0 N–H and O–H groups in total. The quantitative estimate of drug-likeness (QED) is 0.248. The molecule has 7 atom stereocenters. The van der Waals surface area contributed by atoms with Crippen molar-refractivity contribution in [2.24, 2.45) is 34.0 Å². The number of ether oxygens (including phenoxy) is 3. The molecular formula is C29H34O9. The monoisotopic (exact) mass is 526 g/mol. The maximum absolute atomic E-state index is 14.1. The van der Waals surface area contributed by atoms with E-state index in [-0.39, 0.29) is 36.3 Å². The fraction of sp³-hybridized carbons (Fsp3) is 0.621. The molecule has 1 aromatic rings. The molecule has 5 rings (SSSR count). The average Bonchev–Trinajstić information content (AvgIpc) is 3.38. The SMILES string of the molecule is COC(=O)C(OC(C)=O)[C@H]1C(C)(C)C(=O)[C@@H]2CC3=C4CC(=O)O[C@@H](c5ccoc5)[C@]4(C)CC[C@@H]3[C@@]1(C)C2=O. The fourth-order valence-electron chi connectivity index (χ4n) is 8.22. The number of allylic oxidation sites excluding steroid dienone is 1. The smallest absolute Gasteiger partial charge is 0.347 e. The van der Waals surface area contributed by atoms with Gasteiger partial charge in [-0.25, -0.2) is 4.79 Å². The maximum atomic E-state index is 14.1. The molecule has 0 spiro atoms. The van der Waals surface area contributed by atoms with Gasteiger partial charge in [0.1, 0.15) is 11.9 Å². The Morgan fingerprint density at radius 3 is 2.42 bits per heavy atom. The molecule has 0 amide bonds. The molecule has 0 aromatic carbocycles. The van der Waals surface area contributed by atoms with Gasteiger partial charge in [0.05, 0.1) is 32.0 Å². The normalized spacial score (nSPS) is 36.5. The lowest BCUT2D eigenvalue weighted by Crippen LogP contribution is -2.68. The van der Waals surface area contributed by atoms with Crippen molar-refractivity contribution < 1.29 is 42.6 Å². The van der Waals surface area contributed by atoms with E-state index >= 15 is 0 Å². The highest BCUT2D eigenvalue weighted by Crippen LogP contribution is 2.67. The van der Waals surface area contributed by atoms with Gasteiger partial charge in [0.25, 0.3) is 0 Å². The molecule has 1 aromatic heterocycles. The first-order valence-corrected chi connectivity index (χ1v) is 13.1. The highest BCUT2D eigenvalue weighted by atomic mass is 16.6. The summed E-state index contributed by atoms with van der Waals surface area (Å²) in [5.41, 5.74) is -0.329. The van der Waals surface area contributed by atoms with Crippen molar-refractivity contribution in [2.75, 3.05) is 7.11 Å². The summed E-state index contributed by atoms with van der Waals surface area (Å²) in [6, 6.07) is 1.78. The first-order valence-electron chi connectivity index (χ1n) is 13.1. The molecule has 1 saturated heterocycles. The predicted octanol–water partition coefficient (Wildman–Crippen LogP) is 3.91. The molecule has 1 unspecified atom stereocenters. The Hall–Kier alpha value is -3.23. The van der Waals surface area contributed by atoms with Crippen molar-refractivity contribution in [2.45, 2.75) is 72.5 Å². The Balaban J connectivity index is 1.71. The fourth-order valence-corrected chi connectivity index (χ4v) is 8.22. The second kappa shape index (κ2) is 8.64. The summed E-state index contributed by atoms with van der Waals surface area (Å²) in [7, 11) is 1.19. The molecule has 0 radical (unpaired) electrons. The second-order valence-electron chi connectivity index (χ2n) is 12.1. The Morgan fingerprint density at radius 1 is 1.11 bits per heavy atom. The van der Waals surface area contributed by atoms with Crippen LogP contribution in [0.3, 0.4) is 0 Å². The van der Waals surface area contributed by atoms with Crippen LogP contribution in [0.15, 0.2) is 34.2 Å². The van der Waals surface area contributed by atoms with Crippen molar-refractivity contribution in [1.29, 1.82) is 0 Å². The van der Waals surface area contributed by atoms with Gasteiger partial charge in [-0.3, -0.25) is 19.2 Å². The molecule has 1 aliphatic heterocycles. The Bertz CT molecular complexity index is 1250. The number of furan rings is 1. The largest absolute Gasteiger partial charge is 0.472 e. The molecular weight excluding hydrogens is 492 g/mol. The highest BCUT2D eigenvalue weighted by Gasteiger charge is 2.70. The summed E-state index contributed by atoms with van der Waals surface area (Å²) in [5.74, 6) is -4.62. The van der Waals surface area contributed by atoms with E-state index in [4.69, 9.17) is 18.6 Å². The predicted molar refractivity (Wildman–Crippen MR) is 131 cm³/mol. The van der Waals surface area contributed by atoms with E-state index in [0.717, 1.165) is 16.7 Å². The zero-order chi connectivity index (χ0) is 27.8. The summed E-state index contributed by atoms with van der Waals surface area (Å²) in [5, 5.41) is 0. The van der Waals surface area contributed by atoms with Crippen LogP contribution in [0.25, 0.3) is 0 Å². The standard InChI is InChI=1S/C29H34O9/c1-14(30)37-21(26(34)35-6)22-27(2,3)23(32)17-11-16-18(29(22,5)24(17)33)7-9-28(4)19(16)12-20(31)38-25(28)15-8-10-36-13-15/h8,10,13,17-18,21-22,25H,7,9,11-12H2,1-6H3/t17-,18-,21?,22-,25-,28+,29+/m0/s1. The number of cyclic esters (lactones) is 1. The Morgan fingerprint density at radius 2 is 1.82 bits per heavy atom. The van der Waals surface area contributed by atoms with Crippen LogP contribution in [0.2, 0.25) is 0 Å². The van der Waals surface area contributed by atoms with Crippen LogP contribution < -0.4 is 0 Å². The van der Waals surface area contributed by atoms with Gasteiger partial charge >= 0.3 is 17.9 Å². The van der Waals surface area contributed by atoms with Crippen molar-refractivity contribution >= 4 is 29.5 Å². The van der Waals surface area contributed by atoms with Crippen LogP contribution in [0, 0.1) is 34.0 Å². The molecule has 38 heavy (non-hydrogen) atoms. The molecule has 204 valence electrons. The number of ketones is 2. The first-order chi connectivity index (χ1) is 17.8. The highest BCUT2D eigenvalue weighted by molar-refractivity contribution is 6.11. The van der Waals surface area contributed by atoms with Gasteiger partial charge in [0.2, 0.25) is 6.10 Å².